The second-order valence-electron chi connectivity index (χ2n) is 7.50. The minimum Gasteiger partial charge on any atom is -0.472 e. The Balaban J connectivity index is 2.07. The first-order chi connectivity index (χ1) is 11.0. The number of ether oxygens (including phenoxy) is 3. The molecule has 1 aromatic rings. The van der Waals surface area contributed by atoms with Gasteiger partial charge in [-0.1, -0.05) is 0 Å². The van der Waals surface area contributed by atoms with Crippen LogP contribution < -0.4 is 4.74 Å². The van der Waals surface area contributed by atoms with Crippen molar-refractivity contribution >= 4 is 22.0 Å². The minimum atomic E-state index is -0.558. The van der Waals surface area contributed by atoms with Gasteiger partial charge in [0.05, 0.1) is 24.8 Å². The Labute approximate surface area is 150 Å². The molecular formula is C16H25BrN2O5. The summed E-state index contributed by atoms with van der Waals surface area (Å²) in [5.41, 5.74) is -0.990. The number of hydrogen-bond acceptors (Lipinski definition) is 6. The number of hydrogen-bond donors (Lipinski definition) is 0. The summed E-state index contributed by atoms with van der Waals surface area (Å²) in [6.07, 6.45) is -0.372. The third-order valence-electron chi connectivity index (χ3n) is 3.46. The smallest absolute Gasteiger partial charge is 0.410 e. The molecule has 1 atom stereocenters. The number of carbonyl (C=O) groups is 1. The van der Waals surface area contributed by atoms with Gasteiger partial charge in [0.15, 0.2) is 5.76 Å². The molecule has 0 aromatic carbocycles. The van der Waals surface area contributed by atoms with E-state index in [0.29, 0.717) is 29.3 Å². The third kappa shape index (κ3) is 4.86. The summed E-state index contributed by atoms with van der Waals surface area (Å²) in [5.74, 6) is 0.997. The van der Waals surface area contributed by atoms with Gasteiger partial charge < -0.3 is 18.7 Å². The van der Waals surface area contributed by atoms with Crippen LogP contribution in [0.4, 0.5) is 4.79 Å². The molecule has 0 bridgehead atoms. The summed E-state index contributed by atoms with van der Waals surface area (Å²) in [7, 11) is 0. The van der Waals surface area contributed by atoms with Crippen LogP contribution >= 0.6 is 15.9 Å². The molecule has 0 saturated carbocycles. The molecule has 0 radical (unpaired) electrons. The van der Waals surface area contributed by atoms with Gasteiger partial charge in [-0.3, -0.25) is 4.90 Å². The fourth-order valence-corrected chi connectivity index (χ4v) is 2.53. The molecule has 1 aliphatic heterocycles. The Morgan fingerprint density at radius 2 is 2.12 bits per heavy atom. The molecule has 0 N–H and O–H groups in total. The zero-order valence-electron chi connectivity index (χ0n) is 15.0. The highest BCUT2D eigenvalue weighted by molar-refractivity contribution is 9.10. The number of aryl methyl sites for hydroxylation is 1. The summed E-state index contributed by atoms with van der Waals surface area (Å²) >= 11 is 3.36. The van der Waals surface area contributed by atoms with Crippen molar-refractivity contribution in [2.24, 2.45) is 0 Å². The molecule has 24 heavy (non-hydrogen) atoms. The molecule has 0 unspecified atom stereocenters. The Morgan fingerprint density at radius 3 is 2.67 bits per heavy atom. The van der Waals surface area contributed by atoms with Crippen molar-refractivity contribution in [3.63, 3.8) is 0 Å². The van der Waals surface area contributed by atoms with Crippen LogP contribution in [-0.2, 0) is 9.47 Å². The van der Waals surface area contributed by atoms with Crippen LogP contribution in [0.1, 0.15) is 40.4 Å². The molecule has 2 rings (SSSR count). The first-order valence-electron chi connectivity index (χ1n) is 7.87. The van der Waals surface area contributed by atoms with Crippen molar-refractivity contribution < 1.29 is 23.5 Å². The highest BCUT2D eigenvalue weighted by atomic mass is 79.9. The van der Waals surface area contributed by atoms with Gasteiger partial charge in [0, 0.05) is 0 Å². The summed E-state index contributed by atoms with van der Waals surface area (Å²) < 4.78 is 22.8. The van der Waals surface area contributed by atoms with Crippen molar-refractivity contribution in [3.8, 4) is 5.88 Å². The van der Waals surface area contributed by atoms with E-state index >= 15 is 0 Å². The van der Waals surface area contributed by atoms with Gasteiger partial charge in [-0.15, -0.1) is 0 Å². The van der Waals surface area contributed by atoms with Gasteiger partial charge in [0.2, 0.25) is 0 Å². The maximum Gasteiger partial charge on any atom is 0.410 e. The van der Waals surface area contributed by atoms with Crippen molar-refractivity contribution in [3.05, 3.63) is 10.2 Å². The Bertz CT molecular complexity index is 594. The van der Waals surface area contributed by atoms with Crippen LogP contribution in [0.15, 0.2) is 9.00 Å². The Kier molecular flexibility index (Phi) is 5.49. The molecule has 0 spiro atoms. The van der Waals surface area contributed by atoms with Crippen LogP contribution in [0.2, 0.25) is 0 Å². The normalized spacial score (nSPS) is 20.8. The van der Waals surface area contributed by atoms with Gasteiger partial charge in [-0.25, -0.2) is 4.79 Å². The summed E-state index contributed by atoms with van der Waals surface area (Å²) in [6, 6.07) is -0.267. The number of rotatable bonds is 3. The lowest BCUT2D eigenvalue weighted by atomic mass is 10.1. The average molecular weight is 405 g/mol. The largest absolute Gasteiger partial charge is 0.472 e. The molecule has 1 saturated heterocycles. The van der Waals surface area contributed by atoms with Gasteiger partial charge in [0.25, 0.3) is 5.88 Å². The molecule has 136 valence electrons. The fourth-order valence-electron chi connectivity index (χ4n) is 2.27. The van der Waals surface area contributed by atoms with Gasteiger partial charge >= 0.3 is 6.09 Å². The maximum atomic E-state index is 12.5. The topological polar surface area (TPSA) is 74.0 Å². The van der Waals surface area contributed by atoms with E-state index in [2.05, 4.69) is 21.1 Å². The predicted octanol–water partition coefficient (Wildman–Crippen LogP) is 3.54. The molecule has 8 heteroatoms. The van der Waals surface area contributed by atoms with Crippen LogP contribution in [0.25, 0.3) is 0 Å². The van der Waals surface area contributed by atoms with E-state index in [9.17, 15) is 4.79 Å². The van der Waals surface area contributed by atoms with Gasteiger partial charge in [0.1, 0.15) is 16.7 Å². The summed E-state index contributed by atoms with van der Waals surface area (Å²) in [5, 5.41) is 3.84. The highest BCUT2D eigenvalue weighted by Crippen LogP contribution is 2.28. The molecule has 1 aliphatic rings. The monoisotopic (exact) mass is 404 g/mol. The quantitative estimate of drug-likeness (QED) is 0.766. The van der Waals surface area contributed by atoms with Crippen LogP contribution in [0, 0.1) is 6.92 Å². The average Bonchev–Trinajstić information content (AvgIpc) is 2.75. The van der Waals surface area contributed by atoms with Gasteiger partial charge in [-0.05, 0) is 62.6 Å². The predicted molar refractivity (Wildman–Crippen MR) is 91.2 cm³/mol. The van der Waals surface area contributed by atoms with Crippen molar-refractivity contribution in [1.29, 1.82) is 0 Å². The number of nitrogens with zero attached hydrogens (tertiary/aromatic N) is 2. The van der Waals surface area contributed by atoms with E-state index in [1.165, 1.54) is 0 Å². The van der Waals surface area contributed by atoms with E-state index < -0.39 is 11.2 Å². The molecule has 1 fully saturated rings. The highest BCUT2D eigenvalue weighted by Gasteiger charge is 2.39. The fraction of sp³-hybridized carbons (Fsp3) is 0.750. The van der Waals surface area contributed by atoms with Crippen molar-refractivity contribution in [2.75, 3.05) is 19.8 Å². The van der Waals surface area contributed by atoms with Crippen LogP contribution in [-0.4, -0.2) is 53.2 Å². The lowest BCUT2D eigenvalue weighted by Crippen LogP contribution is -2.58. The number of halogens is 1. The first kappa shape index (κ1) is 19.1. The molecule has 1 amide bonds. The van der Waals surface area contributed by atoms with Gasteiger partial charge in [-0.2, -0.15) is 0 Å². The maximum absolute atomic E-state index is 12.5. The third-order valence-corrected chi connectivity index (χ3v) is 4.36. The molecule has 1 aromatic heterocycles. The van der Waals surface area contributed by atoms with Crippen molar-refractivity contribution in [1.82, 2.24) is 10.1 Å². The van der Waals surface area contributed by atoms with E-state index in [-0.39, 0.29) is 18.7 Å². The molecule has 2 heterocycles. The SMILES string of the molecule is Cc1onc(OC[C@@H]2COC(C)(C)CN2C(=O)OC(C)(C)C)c1Br. The van der Waals surface area contributed by atoms with E-state index in [1.54, 1.807) is 11.8 Å². The second-order valence-corrected chi connectivity index (χ2v) is 8.29. The number of carbonyl (C=O) groups excluding carboxylic acids is 1. The van der Waals surface area contributed by atoms with Crippen LogP contribution in [0.5, 0.6) is 5.88 Å². The summed E-state index contributed by atoms with van der Waals surface area (Å²) in [6.45, 7) is 12.2. The zero-order valence-corrected chi connectivity index (χ0v) is 16.6. The number of amides is 1. The molecule has 0 aliphatic carbocycles. The number of aromatic nitrogens is 1. The second kappa shape index (κ2) is 6.92. The molecule has 7 nitrogen and oxygen atoms in total. The standard InChI is InChI=1S/C16H25BrN2O5/c1-10-12(17)13(18-24-10)21-7-11-8-22-16(5,6)9-19(11)14(20)23-15(2,3)4/h11H,7-9H2,1-6H3/t11-/m1/s1. The zero-order chi connectivity index (χ0) is 18.1. The van der Waals surface area contributed by atoms with E-state index in [1.807, 2.05) is 34.6 Å². The Morgan fingerprint density at radius 1 is 1.46 bits per heavy atom. The number of morpholine rings is 1. The lowest BCUT2D eigenvalue weighted by molar-refractivity contribution is -0.119. The Hall–Kier alpha value is -1.28. The van der Waals surface area contributed by atoms with Crippen molar-refractivity contribution in [2.45, 2.75) is 58.8 Å². The summed E-state index contributed by atoms with van der Waals surface area (Å²) in [4.78, 5) is 14.2. The van der Waals surface area contributed by atoms with E-state index in [0.717, 1.165) is 0 Å². The van der Waals surface area contributed by atoms with Crippen LogP contribution in [0.3, 0.4) is 0 Å². The lowest BCUT2D eigenvalue weighted by Gasteiger charge is -2.43. The minimum absolute atomic E-state index is 0.236. The van der Waals surface area contributed by atoms with E-state index in [4.69, 9.17) is 18.7 Å². The molecular weight excluding hydrogens is 380 g/mol. The first-order valence-corrected chi connectivity index (χ1v) is 8.66.